The molecule has 0 bridgehead atoms. The molecular weight excluding hydrogens is 236 g/mol. The van der Waals surface area contributed by atoms with E-state index in [1.165, 1.54) is 45.8 Å². The standard InChI is InChI=1S/C15H32N4/c1-5-18-11-10-17(12-14(18)2)13-15(3,4)19-8-6-16-7-9-19/h14,16H,5-13H2,1-4H3. The van der Waals surface area contributed by atoms with E-state index in [1.807, 2.05) is 0 Å². The van der Waals surface area contributed by atoms with E-state index >= 15 is 0 Å². The highest BCUT2D eigenvalue weighted by Crippen LogP contribution is 2.19. The minimum Gasteiger partial charge on any atom is -0.314 e. The molecule has 1 N–H and O–H groups in total. The smallest absolute Gasteiger partial charge is 0.0281 e. The molecule has 0 aromatic carbocycles. The van der Waals surface area contributed by atoms with Gasteiger partial charge in [-0.05, 0) is 27.3 Å². The Morgan fingerprint density at radius 2 is 1.79 bits per heavy atom. The number of rotatable bonds is 4. The number of nitrogens with zero attached hydrogens (tertiary/aromatic N) is 3. The fourth-order valence-corrected chi connectivity index (χ4v) is 3.60. The Kier molecular flexibility index (Phi) is 5.23. The molecule has 0 amide bonds. The van der Waals surface area contributed by atoms with Gasteiger partial charge in [0.15, 0.2) is 0 Å². The molecule has 0 spiro atoms. The predicted molar refractivity (Wildman–Crippen MR) is 81.7 cm³/mol. The maximum atomic E-state index is 3.45. The maximum Gasteiger partial charge on any atom is 0.0281 e. The molecule has 19 heavy (non-hydrogen) atoms. The molecule has 112 valence electrons. The van der Waals surface area contributed by atoms with Crippen molar-refractivity contribution in [2.45, 2.75) is 39.3 Å². The quantitative estimate of drug-likeness (QED) is 0.810. The van der Waals surface area contributed by atoms with Crippen LogP contribution in [-0.4, -0.2) is 85.2 Å². The van der Waals surface area contributed by atoms with Crippen LogP contribution in [0.25, 0.3) is 0 Å². The van der Waals surface area contributed by atoms with Crippen molar-refractivity contribution < 1.29 is 0 Å². The highest BCUT2D eigenvalue weighted by atomic mass is 15.3. The van der Waals surface area contributed by atoms with Crippen molar-refractivity contribution in [3.63, 3.8) is 0 Å². The lowest BCUT2D eigenvalue weighted by Crippen LogP contribution is -2.60. The normalized spacial score (nSPS) is 28.7. The van der Waals surface area contributed by atoms with E-state index in [-0.39, 0.29) is 0 Å². The Bertz CT molecular complexity index is 273. The van der Waals surface area contributed by atoms with E-state index < -0.39 is 0 Å². The average Bonchev–Trinajstić information content (AvgIpc) is 2.39. The second-order valence-corrected chi connectivity index (χ2v) is 6.76. The Labute approximate surface area is 119 Å². The molecule has 0 aromatic heterocycles. The molecule has 4 heteroatoms. The fraction of sp³-hybridized carbons (Fsp3) is 1.00. The molecule has 0 aliphatic carbocycles. The lowest BCUT2D eigenvalue weighted by molar-refractivity contribution is 0.0255. The van der Waals surface area contributed by atoms with Gasteiger partial charge in [-0.3, -0.25) is 14.7 Å². The van der Waals surface area contributed by atoms with Crippen LogP contribution in [0, 0.1) is 0 Å². The summed E-state index contributed by atoms with van der Waals surface area (Å²) in [6.07, 6.45) is 0. The Morgan fingerprint density at radius 1 is 1.11 bits per heavy atom. The number of likely N-dealkylation sites (N-methyl/N-ethyl adjacent to an activating group) is 1. The molecule has 0 saturated carbocycles. The molecule has 2 aliphatic heterocycles. The third-order valence-electron chi connectivity index (χ3n) is 4.84. The Balaban J connectivity index is 1.86. The van der Waals surface area contributed by atoms with E-state index in [0.717, 1.165) is 13.1 Å². The van der Waals surface area contributed by atoms with Gasteiger partial charge in [0.25, 0.3) is 0 Å². The van der Waals surface area contributed by atoms with Crippen LogP contribution in [0.5, 0.6) is 0 Å². The number of nitrogens with one attached hydrogen (secondary N) is 1. The van der Waals surface area contributed by atoms with Crippen molar-refractivity contribution in [3.8, 4) is 0 Å². The summed E-state index contributed by atoms with van der Waals surface area (Å²) in [5.74, 6) is 0. The predicted octanol–water partition coefficient (Wildman–Crippen LogP) is 0.696. The van der Waals surface area contributed by atoms with Crippen LogP contribution in [0.3, 0.4) is 0 Å². The van der Waals surface area contributed by atoms with Gasteiger partial charge in [0.1, 0.15) is 0 Å². The van der Waals surface area contributed by atoms with Crippen molar-refractivity contribution >= 4 is 0 Å². The van der Waals surface area contributed by atoms with Crippen LogP contribution in [0.1, 0.15) is 27.7 Å². The summed E-state index contributed by atoms with van der Waals surface area (Å²) in [6.45, 7) is 20.2. The molecule has 1 atom stereocenters. The molecule has 2 rings (SSSR count). The minimum absolute atomic E-state index is 0.302. The van der Waals surface area contributed by atoms with Gasteiger partial charge in [-0.1, -0.05) is 6.92 Å². The SMILES string of the molecule is CCN1CCN(CC(C)(C)N2CCNCC2)CC1C. The van der Waals surface area contributed by atoms with Gasteiger partial charge in [0.2, 0.25) is 0 Å². The molecule has 4 nitrogen and oxygen atoms in total. The molecule has 1 unspecified atom stereocenters. The maximum absolute atomic E-state index is 3.45. The number of piperazine rings is 2. The van der Waals surface area contributed by atoms with Crippen LogP contribution >= 0.6 is 0 Å². The summed E-state index contributed by atoms with van der Waals surface area (Å²) >= 11 is 0. The lowest BCUT2D eigenvalue weighted by atomic mass is 9.99. The van der Waals surface area contributed by atoms with E-state index in [9.17, 15) is 0 Å². The van der Waals surface area contributed by atoms with Gasteiger partial charge in [-0.15, -0.1) is 0 Å². The van der Waals surface area contributed by atoms with Gasteiger partial charge in [-0.25, -0.2) is 0 Å². The largest absolute Gasteiger partial charge is 0.314 e. The van der Waals surface area contributed by atoms with E-state index in [2.05, 4.69) is 47.7 Å². The average molecular weight is 268 g/mol. The second kappa shape index (κ2) is 6.53. The van der Waals surface area contributed by atoms with Gasteiger partial charge >= 0.3 is 0 Å². The van der Waals surface area contributed by atoms with Crippen molar-refractivity contribution in [1.29, 1.82) is 0 Å². The molecule has 2 heterocycles. The minimum atomic E-state index is 0.302. The summed E-state index contributed by atoms with van der Waals surface area (Å²) in [6, 6.07) is 0.706. The summed E-state index contributed by atoms with van der Waals surface area (Å²) in [7, 11) is 0. The summed E-state index contributed by atoms with van der Waals surface area (Å²) in [4.78, 5) is 7.91. The fourth-order valence-electron chi connectivity index (χ4n) is 3.60. The van der Waals surface area contributed by atoms with Crippen LogP contribution < -0.4 is 5.32 Å². The topological polar surface area (TPSA) is 21.8 Å². The first-order valence-corrected chi connectivity index (χ1v) is 7.95. The van der Waals surface area contributed by atoms with Crippen molar-refractivity contribution in [1.82, 2.24) is 20.0 Å². The van der Waals surface area contributed by atoms with Crippen molar-refractivity contribution in [2.24, 2.45) is 0 Å². The van der Waals surface area contributed by atoms with Crippen LogP contribution in [-0.2, 0) is 0 Å². The molecule has 0 radical (unpaired) electrons. The first kappa shape index (κ1) is 15.2. The summed E-state index contributed by atoms with van der Waals surface area (Å²) in [5.41, 5.74) is 0.302. The molecule has 2 saturated heterocycles. The first-order valence-electron chi connectivity index (χ1n) is 7.95. The molecule has 0 aromatic rings. The number of hydrogen-bond donors (Lipinski definition) is 1. The number of hydrogen-bond acceptors (Lipinski definition) is 4. The van der Waals surface area contributed by atoms with Gasteiger partial charge in [0.05, 0.1) is 0 Å². The van der Waals surface area contributed by atoms with Gasteiger partial charge in [-0.2, -0.15) is 0 Å². The Hall–Kier alpha value is -0.160. The summed E-state index contributed by atoms with van der Waals surface area (Å²) in [5, 5.41) is 3.45. The first-order chi connectivity index (χ1) is 9.03. The molecular formula is C15H32N4. The van der Waals surface area contributed by atoms with Gasteiger partial charge in [0, 0.05) is 63.9 Å². The molecule has 2 aliphatic rings. The van der Waals surface area contributed by atoms with Crippen molar-refractivity contribution in [2.75, 3.05) is 58.9 Å². The van der Waals surface area contributed by atoms with E-state index in [0.29, 0.717) is 11.6 Å². The van der Waals surface area contributed by atoms with Gasteiger partial charge < -0.3 is 5.32 Å². The third kappa shape index (κ3) is 3.91. The highest BCUT2D eigenvalue weighted by molar-refractivity contribution is 4.90. The molecule has 2 fully saturated rings. The third-order valence-corrected chi connectivity index (χ3v) is 4.84. The van der Waals surface area contributed by atoms with E-state index in [4.69, 9.17) is 0 Å². The zero-order valence-corrected chi connectivity index (χ0v) is 13.3. The van der Waals surface area contributed by atoms with Crippen LogP contribution in [0.2, 0.25) is 0 Å². The monoisotopic (exact) mass is 268 g/mol. The summed E-state index contributed by atoms with van der Waals surface area (Å²) < 4.78 is 0. The van der Waals surface area contributed by atoms with Crippen LogP contribution in [0.4, 0.5) is 0 Å². The second-order valence-electron chi connectivity index (χ2n) is 6.76. The highest BCUT2D eigenvalue weighted by Gasteiger charge is 2.32. The zero-order chi connectivity index (χ0) is 13.9. The van der Waals surface area contributed by atoms with Crippen LogP contribution in [0.15, 0.2) is 0 Å². The Morgan fingerprint density at radius 3 is 2.37 bits per heavy atom. The van der Waals surface area contributed by atoms with Crippen molar-refractivity contribution in [3.05, 3.63) is 0 Å². The zero-order valence-electron chi connectivity index (χ0n) is 13.3. The lowest BCUT2D eigenvalue weighted by Gasteiger charge is -2.47. The van der Waals surface area contributed by atoms with E-state index in [1.54, 1.807) is 0 Å².